The number of anilines is 1. The monoisotopic (exact) mass is 546 g/mol. The number of aromatic amines is 1. The van der Waals surface area contributed by atoms with E-state index in [1.54, 1.807) is 48.8 Å². The number of rotatable bonds is 8. The number of hydrogen-bond donors (Lipinski definition) is 2. The molecule has 1 aliphatic rings. The number of carbonyl (C=O) groups excluding carboxylic acids is 1. The molecule has 1 fully saturated rings. The van der Waals surface area contributed by atoms with E-state index in [4.69, 9.17) is 0 Å². The summed E-state index contributed by atoms with van der Waals surface area (Å²) in [5.74, 6) is -2.81. The Kier molecular flexibility index (Phi) is 6.10. The average molecular weight is 547 g/mol. The fourth-order valence-electron chi connectivity index (χ4n) is 4.23. The van der Waals surface area contributed by atoms with Gasteiger partial charge in [0.1, 0.15) is 17.3 Å². The smallest absolute Gasteiger partial charge is 0.237 e. The molecule has 3 heterocycles. The standard InChI is InChI=1S/C27H20F2N6O3S/c28-20-8-9-21(35-39(37,38)14-15-4-2-1-3-5-15)23(29)22(20)25(36)24-19-10-17(11-32-27(19)34-33-24)18-12-30-26(31-13-18)16-6-7-16/h1-5,8-13,16,35H,6-7,14H2,(H,32,33,34). The topological polar surface area (TPSA) is 131 Å². The number of nitrogens with one attached hydrogen (secondary N) is 2. The van der Waals surface area contributed by atoms with E-state index in [-0.39, 0.29) is 16.7 Å². The van der Waals surface area contributed by atoms with Crippen LogP contribution in [0.4, 0.5) is 14.5 Å². The van der Waals surface area contributed by atoms with E-state index < -0.39 is 44.4 Å². The van der Waals surface area contributed by atoms with Crippen molar-refractivity contribution in [3.05, 3.63) is 101 Å². The maximum absolute atomic E-state index is 15.4. The van der Waals surface area contributed by atoms with E-state index in [0.29, 0.717) is 22.6 Å². The largest absolute Gasteiger partial charge is 0.287 e. The van der Waals surface area contributed by atoms with Crippen LogP contribution >= 0.6 is 0 Å². The van der Waals surface area contributed by atoms with Gasteiger partial charge in [-0.1, -0.05) is 30.3 Å². The normalized spacial score (nSPS) is 13.5. The highest BCUT2D eigenvalue weighted by molar-refractivity contribution is 7.91. The summed E-state index contributed by atoms with van der Waals surface area (Å²) in [6.07, 6.45) is 6.99. The molecule has 0 spiro atoms. The van der Waals surface area contributed by atoms with Crippen LogP contribution in [0.1, 0.15) is 46.2 Å². The first-order valence-corrected chi connectivity index (χ1v) is 13.7. The van der Waals surface area contributed by atoms with Gasteiger partial charge in [-0.25, -0.2) is 32.2 Å². The number of halogens is 2. The number of sulfonamides is 1. The highest BCUT2D eigenvalue weighted by atomic mass is 32.2. The molecule has 5 aromatic rings. The van der Waals surface area contributed by atoms with Crippen molar-refractivity contribution >= 4 is 32.5 Å². The summed E-state index contributed by atoms with van der Waals surface area (Å²) >= 11 is 0. The van der Waals surface area contributed by atoms with Crippen molar-refractivity contribution in [3.8, 4) is 11.1 Å². The molecule has 0 atom stereocenters. The minimum absolute atomic E-state index is 0.165. The van der Waals surface area contributed by atoms with Gasteiger partial charge in [-0.2, -0.15) is 5.10 Å². The molecule has 0 amide bonds. The maximum Gasteiger partial charge on any atom is 0.237 e. The third-order valence-corrected chi connectivity index (χ3v) is 7.61. The first kappa shape index (κ1) is 24.7. The molecule has 2 N–H and O–H groups in total. The first-order chi connectivity index (χ1) is 18.8. The van der Waals surface area contributed by atoms with Crippen LogP contribution in [-0.4, -0.2) is 39.4 Å². The summed E-state index contributed by atoms with van der Waals surface area (Å²) in [5.41, 5.74) is 0.206. The van der Waals surface area contributed by atoms with Gasteiger partial charge in [0.15, 0.2) is 11.5 Å². The van der Waals surface area contributed by atoms with E-state index in [1.807, 2.05) is 0 Å². The van der Waals surface area contributed by atoms with E-state index in [2.05, 4.69) is 29.9 Å². The second kappa shape index (κ2) is 9.62. The van der Waals surface area contributed by atoms with Gasteiger partial charge in [0.05, 0.1) is 22.4 Å². The van der Waals surface area contributed by atoms with Gasteiger partial charge < -0.3 is 0 Å². The number of ketones is 1. The van der Waals surface area contributed by atoms with Crippen LogP contribution in [0.5, 0.6) is 0 Å². The molecule has 3 aromatic heterocycles. The molecule has 0 unspecified atom stereocenters. The van der Waals surface area contributed by atoms with Crippen LogP contribution in [0.25, 0.3) is 22.2 Å². The lowest BCUT2D eigenvalue weighted by Crippen LogP contribution is -2.18. The Bertz CT molecular complexity index is 1820. The summed E-state index contributed by atoms with van der Waals surface area (Å²) in [6.45, 7) is 0. The van der Waals surface area contributed by atoms with Gasteiger partial charge in [-0.3, -0.25) is 14.6 Å². The van der Waals surface area contributed by atoms with Gasteiger partial charge in [0.2, 0.25) is 15.8 Å². The lowest BCUT2D eigenvalue weighted by molar-refractivity contribution is 0.102. The molecule has 12 heteroatoms. The molecule has 9 nitrogen and oxygen atoms in total. The van der Waals surface area contributed by atoms with Crippen LogP contribution in [-0.2, 0) is 15.8 Å². The minimum atomic E-state index is -4.06. The van der Waals surface area contributed by atoms with Crippen LogP contribution in [0.3, 0.4) is 0 Å². The summed E-state index contributed by atoms with van der Waals surface area (Å²) in [5, 5.41) is 6.74. The lowest BCUT2D eigenvalue weighted by atomic mass is 10.0. The molecule has 0 saturated heterocycles. The van der Waals surface area contributed by atoms with Crippen molar-refractivity contribution in [1.29, 1.82) is 0 Å². The van der Waals surface area contributed by atoms with Gasteiger partial charge in [-0.05, 0) is 36.6 Å². The minimum Gasteiger partial charge on any atom is -0.287 e. The van der Waals surface area contributed by atoms with E-state index in [0.717, 1.165) is 30.8 Å². The van der Waals surface area contributed by atoms with Crippen molar-refractivity contribution < 1.29 is 22.0 Å². The van der Waals surface area contributed by atoms with Crippen molar-refractivity contribution in [2.24, 2.45) is 0 Å². The SMILES string of the molecule is O=C(c1c(F)ccc(NS(=O)(=O)Cc2ccccc2)c1F)c1[nH]nc2ncc(-c3cnc(C4CC4)nc3)cc12. The second-order valence-corrected chi connectivity index (χ2v) is 11.0. The Morgan fingerprint density at radius 2 is 1.69 bits per heavy atom. The third-order valence-electron chi connectivity index (χ3n) is 6.37. The Morgan fingerprint density at radius 1 is 0.974 bits per heavy atom. The van der Waals surface area contributed by atoms with Gasteiger partial charge in [0, 0.05) is 35.6 Å². The van der Waals surface area contributed by atoms with Crippen LogP contribution in [0, 0.1) is 11.6 Å². The maximum atomic E-state index is 15.4. The molecule has 196 valence electrons. The van der Waals surface area contributed by atoms with Crippen molar-refractivity contribution in [3.63, 3.8) is 0 Å². The molecule has 1 saturated carbocycles. The van der Waals surface area contributed by atoms with Crippen molar-refractivity contribution in [1.82, 2.24) is 25.1 Å². The first-order valence-electron chi connectivity index (χ1n) is 12.0. The summed E-state index contributed by atoms with van der Waals surface area (Å²) in [7, 11) is -4.06. The highest BCUT2D eigenvalue weighted by Gasteiger charge is 2.28. The third kappa shape index (κ3) is 4.98. The van der Waals surface area contributed by atoms with Gasteiger partial charge >= 0.3 is 0 Å². The number of aromatic nitrogens is 5. The molecule has 0 aliphatic heterocycles. The number of fused-ring (bicyclic) bond motifs is 1. The van der Waals surface area contributed by atoms with Crippen LogP contribution < -0.4 is 4.72 Å². The number of pyridine rings is 1. The highest BCUT2D eigenvalue weighted by Crippen LogP contribution is 2.38. The predicted molar refractivity (Wildman–Crippen MR) is 139 cm³/mol. The fourth-order valence-corrected chi connectivity index (χ4v) is 5.43. The summed E-state index contributed by atoms with van der Waals surface area (Å²) in [4.78, 5) is 26.4. The number of nitrogens with zero attached hydrogens (tertiary/aromatic N) is 4. The van der Waals surface area contributed by atoms with Crippen molar-refractivity contribution in [2.75, 3.05) is 4.72 Å². The fraction of sp³-hybridized carbons (Fsp3) is 0.148. The van der Waals surface area contributed by atoms with Gasteiger partial charge in [0.25, 0.3) is 0 Å². The number of benzene rings is 2. The Hall–Kier alpha value is -4.58. The van der Waals surface area contributed by atoms with Crippen LogP contribution in [0.15, 0.2) is 67.1 Å². The van der Waals surface area contributed by atoms with Gasteiger partial charge in [-0.15, -0.1) is 0 Å². The summed E-state index contributed by atoms with van der Waals surface area (Å²) in [6, 6.07) is 11.7. The Labute approximate surface area is 221 Å². The zero-order valence-corrected chi connectivity index (χ0v) is 21.0. The second-order valence-electron chi connectivity index (χ2n) is 9.26. The average Bonchev–Trinajstić information content (AvgIpc) is 3.69. The molecule has 6 rings (SSSR count). The van der Waals surface area contributed by atoms with E-state index in [1.165, 1.54) is 6.20 Å². The summed E-state index contributed by atoms with van der Waals surface area (Å²) < 4.78 is 57.6. The number of carbonyl (C=O) groups is 1. The predicted octanol–water partition coefficient (Wildman–Crippen LogP) is 4.74. The zero-order chi connectivity index (χ0) is 27.1. The van der Waals surface area contributed by atoms with E-state index >= 15 is 4.39 Å². The quantitative estimate of drug-likeness (QED) is 0.269. The Morgan fingerprint density at radius 3 is 2.41 bits per heavy atom. The molecule has 39 heavy (non-hydrogen) atoms. The number of H-pyrrole nitrogens is 1. The molecule has 2 aromatic carbocycles. The van der Waals surface area contributed by atoms with Crippen LogP contribution in [0.2, 0.25) is 0 Å². The molecule has 1 aliphatic carbocycles. The zero-order valence-electron chi connectivity index (χ0n) is 20.2. The Balaban J connectivity index is 1.32. The number of hydrogen-bond acceptors (Lipinski definition) is 7. The molecule has 0 radical (unpaired) electrons. The van der Waals surface area contributed by atoms with Crippen molar-refractivity contribution in [2.45, 2.75) is 24.5 Å². The molecule has 0 bridgehead atoms. The lowest BCUT2D eigenvalue weighted by Gasteiger charge is -2.12. The van der Waals surface area contributed by atoms with E-state index in [9.17, 15) is 17.6 Å². The molecular formula is C27H20F2N6O3S. The molecular weight excluding hydrogens is 526 g/mol.